The maximum absolute atomic E-state index is 11.9. The van der Waals surface area contributed by atoms with Crippen LogP contribution in [0.4, 0.5) is 0 Å². The highest BCUT2D eigenvalue weighted by atomic mass is 16.2. The number of nitriles is 1. The summed E-state index contributed by atoms with van der Waals surface area (Å²) < 4.78 is 0. The van der Waals surface area contributed by atoms with Gasteiger partial charge in [0.2, 0.25) is 5.91 Å². The molecule has 0 aromatic carbocycles. The SMILES string of the molecule is CC(C)N(CCC#N)C(=O)CCC(C)(C)N. The van der Waals surface area contributed by atoms with Crippen molar-refractivity contribution in [3.63, 3.8) is 0 Å². The Labute approximate surface area is 98.4 Å². The Kier molecular flexibility index (Phi) is 6.05. The van der Waals surface area contributed by atoms with Crippen LogP contribution >= 0.6 is 0 Å². The van der Waals surface area contributed by atoms with Crippen molar-refractivity contribution in [1.82, 2.24) is 4.90 Å². The van der Waals surface area contributed by atoms with Crippen LogP contribution in [0, 0.1) is 11.3 Å². The van der Waals surface area contributed by atoms with Gasteiger partial charge < -0.3 is 10.6 Å². The fourth-order valence-corrected chi connectivity index (χ4v) is 1.41. The van der Waals surface area contributed by atoms with Crippen LogP contribution < -0.4 is 5.73 Å². The van der Waals surface area contributed by atoms with Gasteiger partial charge in [-0.1, -0.05) is 0 Å². The van der Waals surface area contributed by atoms with E-state index in [-0.39, 0.29) is 17.5 Å². The molecule has 4 heteroatoms. The van der Waals surface area contributed by atoms with Crippen LogP contribution in [0.1, 0.15) is 47.0 Å². The Morgan fingerprint density at radius 1 is 1.50 bits per heavy atom. The summed E-state index contributed by atoms with van der Waals surface area (Å²) in [5, 5.41) is 8.53. The maximum Gasteiger partial charge on any atom is 0.222 e. The van der Waals surface area contributed by atoms with Crippen LogP contribution in [0.5, 0.6) is 0 Å². The Hall–Kier alpha value is -1.08. The van der Waals surface area contributed by atoms with E-state index in [2.05, 4.69) is 6.07 Å². The van der Waals surface area contributed by atoms with Crippen molar-refractivity contribution in [1.29, 1.82) is 5.26 Å². The first-order chi connectivity index (χ1) is 7.28. The van der Waals surface area contributed by atoms with Gasteiger partial charge in [-0.15, -0.1) is 0 Å². The van der Waals surface area contributed by atoms with Gasteiger partial charge in [0.15, 0.2) is 0 Å². The van der Waals surface area contributed by atoms with Gasteiger partial charge in [-0.05, 0) is 34.1 Å². The lowest BCUT2D eigenvalue weighted by atomic mass is 9.99. The third-order valence-corrected chi connectivity index (χ3v) is 2.39. The number of carbonyl (C=O) groups excluding carboxylic acids is 1. The molecule has 0 aromatic rings. The normalized spacial score (nSPS) is 11.3. The first-order valence-electron chi connectivity index (χ1n) is 5.73. The van der Waals surface area contributed by atoms with Crippen LogP contribution in [0.25, 0.3) is 0 Å². The molecule has 0 aliphatic heterocycles. The Bertz CT molecular complexity index is 260. The Balaban J connectivity index is 4.24. The molecule has 0 saturated heterocycles. The van der Waals surface area contributed by atoms with Crippen molar-refractivity contribution < 1.29 is 4.79 Å². The van der Waals surface area contributed by atoms with E-state index in [1.807, 2.05) is 27.7 Å². The standard InChI is InChI=1S/C12H23N3O/c1-10(2)15(9-5-8-13)11(16)6-7-12(3,4)14/h10H,5-7,9,14H2,1-4H3. The predicted octanol–water partition coefficient (Wildman–Crippen LogP) is 1.65. The first-order valence-corrected chi connectivity index (χ1v) is 5.73. The molecule has 0 radical (unpaired) electrons. The zero-order valence-electron chi connectivity index (χ0n) is 10.8. The smallest absolute Gasteiger partial charge is 0.222 e. The van der Waals surface area contributed by atoms with E-state index in [9.17, 15) is 4.79 Å². The minimum atomic E-state index is -0.312. The summed E-state index contributed by atoms with van der Waals surface area (Å²) in [4.78, 5) is 13.6. The zero-order chi connectivity index (χ0) is 12.8. The first kappa shape index (κ1) is 14.9. The molecule has 4 nitrogen and oxygen atoms in total. The van der Waals surface area contributed by atoms with Gasteiger partial charge >= 0.3 is 0 Å². The molecule has 0 aromatic heterocycles. The lowest BCUT2D eigenvalue weighted by molar-refractivity contribution is -0.133. The van der Waals surface area contributed by atoms with Gasteiger partial charge in [0, 0.05) is 24.5 Å². The molecular weight excluding hydrogens is 202 g/mol. The van der Waals surface area contributed by atoms with E-state index in [0.29, 0.717) is 25.8 Å². The molecule has 0 rings (SSSR count). The summed E-state index contributed by atoms with van der Waals surface area (Å²) in [5.74, 6) is 0.0868. The highest BCUT2D eigenvalue weighted by Gasteiger charge is 2.19. The molecule has 1 amide bonds. The topological polar surface area (TPSA) is 70.1 Å². The number of amides is 1. The van der Waals surface area contributed by atoms with Gasteiger partial charge in [0.05, 0.1) is 12.5 Å². The number of hydrogen-bond acceptors (Lipinski definition) is 3. The molecular formula is C12H23N3O. The minimum Gasteiger partial charge on any atom is -0.339 e. The fourth-order valence-electron chi connectivity index (χ4n) is 1.41. The summed E-state index contributed by atoms with van der Waals surface area (Å²) in [5.41, 5.74) is 5.53. The average Bonchev–Trinajstić information content (AvgIpc) is 2.13. The summed E-state index contributed by atoms with van der Waals surface area (Å²) in [7, 11) is 0. The molecule has 0 fully saturated rings. The van der Waals surface area contributed by atoms with Gasteiger partial charge in [0.1, 0.15) is 0 Å². The van der Waals surface area contributed by atoms with Crippen molar-refractivity contribution in [2.75, 3.05) is 6.54 Å². The van der Waals surface area contributed by atoms with Crippen LogP contribution in [0.2, 0.25) is 0 Å². The maximum atomic E-state index is 11.9. The van der Waals surface area contributed by atoms with Gasteiger partial charge in [0.25, 0.3) is 0 Å². The van der Waals surface area contributed by atoms with Crippen LogP contribution in [-0.2, 0) is 4.79 Å². The molecule has 0 bridgehead atoms. The molecule has 2 N–H and O–H groups in total. The molecule has 0 atom stereocenters. The molecule has 0 spiro atoms. The summed E-state index contributed by atoms with van der Waals surface area (Å²) in [6.07, 6.45) is 1.50. The van der Waals surface area contributed by atoms with Crippen molar-refractivity contribution in [3.8, 4) is 6.07 Å². The number of nitrogens with zero attached hydrogens (tertiary/aromatic N) is 2. The quantitative estimate of drug-likeness (QED) is 0.747. The molecule has 0 aliphatic rings. The van der Waals surface area contributed by atoms with Crippen LogP contribution in [0.15, 0.2) is 0 Å². The number of rotatable bonds is 6. The number of carbonyl (C=O) groups is 1. The molecule has 92 valence electrons. The highest BCUT2D eigenvalue weighted by molar-refractivity contribution is 5.76. The van der Waals surface area contributed by atoms with Crippen molar-refractivity contribution >= 4 is 5.91 Å². The fraction of sp³-hybridized carbons (Fsp3) is 0.833. The van der Waals surface area contributed by atoms with Crippen molar-refractivity contribution in [3.05, 3.63) is 0 Å². The molecule has 16 heavy (non-hydrogen) atoms. The molecule has 0 saturated carbocycles. The Morgan fingerprint density at radius 2 is 2.06 bits per heavy atom. The van der Waals surface area contributed by atoms with E-state index in [4.69, 9.17) is 11.0 Å². The average molecular weight is 225 g/mol. The number of hydrogen-bond donors (Lipinski definition) is 1. The predicted molar refractivity (Wildman–Crippen MR) is 64.6 cm³/mol. The van der Waals surface area contributed by atoms with Crippen LogP contribution in [0.3, 0.4) is 0 Å². The molecule has 0 unspecified atom stereocenters. The number of nitrogens with two attached hydrogens (primary N) is 1. The van der Waals surface area contributed by atoms with Gasteiger partial charge in [-0.2, -0.15) is 5.26 Å². The second kappa shape index (κ2) is 6.49. The third-order valence-electron chi connectivity index (χ3n) is 2.39. The monoisotopic (exact) mass is 225 g/mol. The summed E-state index contributed by atoms with van der Waals surface area (Å²) in [6, 6.07) is 2.20. The van der Waals surface area contributed by atoms with E-state index in [1.54, 1.807) is 4.90 Å². The second-order valence-corrected chi connectivity index (χ2v) is 5.08. The molecule has 0 aliphatic carbocycles. The van der Waals surface area contributed by atoms with E-state index in [1.165, 1.54) is 0 Å². The van der Waals surface area contributed by atoms with E-state index >= 15 is 0 Å². The third kappa shape index (κ3) is 6.41. The largest absolute Gasteiger partial charge is 0.339 e. The van der Waals surface area contributed by atoms with Gasteiger partial charge in [-0.3, -0.25) is 4.79 Å². The lowest BCUT2D eigenvalue weighted by Gasteiger charge is -2.27. The van der Waals surface area contributed by atoms with Gasteiger partial charge in [-0.25, -0.2) is 0 Å². The van der Waals surface area contributed by atoms with E-state index < -0.39 is 0 Å². The van der Waals surface area contributed by atoms with Crippen molar-refractivity contribution in [2.24, 2.45) is 5.73 Å². The highest BCUT2D eigenvalue weighted by Crippen LogP contribution is 2.11. The summed E-state index contributed by atoms with van der Waals surface area (Å²) in [6.45, 7) is 8.26. The van der Waals surface area contributed by atoms with Crippen LogP contribution in [-0.4, -0.2) is 28.9 Å². The van der Waals surface area contributed by atoms with E-state index in [0.717, 1.165) is 0 Å². The zero-order valence-corrected chi connectivity index (χ0v) is 10.8. The lowest BCUT2D eigenvalue weighted by Crippen LogP contribution is -2.40. The second-order valence-electron chi connectivity index (χ2n) is 5.08. The Morgan fingerprint density at radius 3 is 2.44 bits per heavy atom. The summed E-state index contributed by atoms with van der Waals surface area (Å²) >= 11 is 0. The minimum absolute atomic E-state index is 0.0868. The molecule has 0 heterocycles. The van der Waals surface area contributed by atoms with Crippen molar-refractivity contribution in [2.45, 2.75) is 58.5 Å².